The topological polar surface area (TPSA) is 71.3 Å². The van der Waals surface area contributed by atoms with Crippen LogP contribution in [0, 0.1) is 0 Å². The lowest BCUT2D eigenvalue weighted by Crippen LogP contribution is -2.10. The second kappa shape index (κ2) is 14.3. The molecule has 6 heteroatoms. The first-order chi connectivity index (χ1) is 32.8. The minimum atomic E-state index is 1.13. The van der Waals surface area contributed by atoms with Crippen LogP contribution in [-0.4, -0.2) is 24.5 Å². The van der Waals surface area contributed by atoms with Crippen LogP contribution in [0.3, 0.4) is 0 Å². The lowest BCUT2D eigenvalue weighted by atomic mass is 10.1. The fourth-order valence-electron chi connectivity index (χ4n) is 10.8. The van der Waals surface area contributed by atoms with Gasteiger partial charge in [-0.2, -0.15) is 0 Å². The molecule has 6 nitrogen and oxygen atoms in total. The van der Waals surface area contributed by atoms with Gasteiger partial charge in [-0.3, -0.25) is 0 Å². The van der Waals surface area contributed by atoms with Crippen molar-refractivity contribution < 1.29 is 0 Å². The van der Waals surface area contributed by atoms with E-state index in [1.807, 2.05) is 0 Å². The average Bonchev–Trinajstić information content (AvgIpc) is 4.20. The van der Waals surface area contributed by atoms with Crippen LogP contribution in [0.25, 0.3) is 115 Å². The molecular weight excluding hydrogens is 805 g/mol. The van der Waals surface area contributed by atoms with E-state index in [4.69, 9.17) is 0 Å². The van der Waals surface area contributed by atoms with Crippen molar-refractivity contribution in [3.8, 4) is 5.69 Å². The second-order valence-electron chi connectivity index (χ2n) is 17.2. The van der Waals surface area contributed by atoms with Crippen molar-refractivity contribution in [2.24, 2.45) is 0 Å². The first kappa shape index (κ1) is 36.5. The first-order valence-electron chi connectivity index (χ1n) is 22.5. The van der Waals surface area contributed by atoms with Crippen LogP contribution in [-0.2, 0) is 0 Å². The Hall–Kier alpha value is -9.00. The van der Waals surface area contributed by atoms with E-state index < -0.39 is 0 Å². The lowest BCUT2D eigenvalue weighted by molar-refractivity contribution is 1.19. The molecule has 0 aliphatic rings. The van der Waals surface area contributed by atoms with Crippen LogP contribution in [0.5, 0.6) is 0 Å². The predicted octanol–water partition coefficient (Wildman–Crippen LogP) is 16.5. The summed E-state index contributed by atoms with van der Waals surface area (Å²) < 4.78 is 2.47. The number of nitrogens with one attached hydrogen (secondary N) is 4. The molecule has 15 rings (SSSR count). The van der Waals surface area contributed by atoms with Crippen LogP contribution < -0.4 is 4.90 Å². The number of benzene rings is 10. The molecule has 15 aromatic rings. The number of aromatic nitrogens is 5. The molecule has 4 N–H and O–H groups in total. The highest BCUT2D eigenvalue weighted by Crippen LogP contribution is 2.46. The van der Waals surface area contributed by atoms with Crippen molar-refractivity contribution >= 4 is 126 Å². The molecule has 310 valence electrons. The van der Waals surface area contributed by atoms with E-state index in [1.54, 1.807) is 0 Å². The van der Waals surface area contributed by atoms with Crippen molar-refractivity contribution in [2.75, 3.05) is 4.90 Å². The van der Waals surface area contributed by atoms with Gasteiger partial charge >= 0.3 is 0 Å². The third-order valence-electron chi connectivity index (χ3n) is 13.6. The molecule has 0 spiro atoms. The summed E-state index contributed by atoms with van der Waals surface area (Å²) in [6.07, 6.45) is 0. The van der Waals surface area contributed by atoms with E-state index in [0.717, 1.165) is 39.1 Å². The van der Waals surface area contributed by atoms with Gasteiger partial charge in [0.05, 0.1) is 22.4 Å². The molecule has 0 saturated heterocycles. The number of para-hydroxylation sites is 6. The minimum absolute atomic E-state index is 1.13. The largest absolute Gasteiger partial charge is 0.354 e. The predicted molar refractivity (Wildman–Crippen MR) is 279 cm³/mol. The van der Waals surface area contributed by atoms with Crippen molar-refractivity contribution in [3.05, 3.63) is 218 Å². The Morgan fingerprint density at radius 3 is 1.05 bits per heavy atom. The number of hydrogen-bond donors (Lipinski definition) is 4. The van der Waals surface area contributed by atoms with Crippen molar-refractivity contribution in [1.82, 2.24) is 24.5 Å². The van der Waals surface area contributed by atoms with Crippen molar-refractivity contribution in [3.63, 3.8) is 0 Å². The number of hydrogen-bond acceptors (Lipinski definition) is 1. The molecule has 0 radical (unpaired) electrons. The molecule has 0 unspecified atom stereocenters. The maximum atomic E-state index is 3.64. The van der Waals surface area contributed by atoms with Gasteiger partial charge in [-0.1, -0.05) is 133 Å². The third-order valence-corrected chi connectivity index (χ3v) is 13.6. The van der Waals surface area contributed by atoms with Gasteiger partial charge < -0.3 is 29.4 Å². The maximum Gasteiger partial charge on any atom is 0.0641 e. The fraction of sp³-hybridized carbons (Fsp3) is 0. The Morgan fingerprint density at radius 2 is 0.606 bits per heavy atom. The van der Waals surface area contributed by atoms with Crippen LogP contribution in [0.15, 0.2) is 218 Å². The Bertz CT molecular complexity index is 4110. The summed E-state index contributed by atoms with van der Waals surface area (Å²) in [6.45, 7) is 0. The fourth-order valence-corrected chi connectivity index (χ4v) is 10.8. The Morgan fingerprint density at radius 1 is 0.258 bits per heavy atom. The van der Waals surface area contributed by atoms with Gasteiger partial charge in [0, 0.05) is 109 Å². The number of anilines is 3. The zero-order chi connectivity index (χ0) is 43.3. The van der Waals surface area contributed by atoms with Gasteiger partial charge in [-0.05, 0) is 84.9 Å². The minimum Gasteiger partial charge on any atom is -0.354 e. The molecule has 5 aromatic heterocycles. The van der Waals surface area contributed by atoms with E-state index in [1.165, 1.54) is 92.6 Å². The number of H-pyrrole nitrogens is 4. The van der Waals surface area contributed by atoms with E-state index >= 15 is 0 Å². The zero-order valence-corrected chi connectivity index (χ0v) is 35.7. The monoisotopic (exact) mass is 844 g/mol. The van der Waals surface area contributed by atoms with Crippen LogP contribution in [0.4, 0.5) is 17.1 Å². The quantitative estimate of drug-likeness (QED) is 0.140. The molecule has 10 aromatic carbocycles. The summed E-state index contributed by atoms with van der Waals surface area (Å²) in [4.78, 5) is 16.9. The number of fused-ring (bicyclic) bond motifs is 17. The van der Waals surface area contributed by atoms with Crippen LogP contribution in [0.2, 0.25) is 0 Å². The van der Waals surface area contributed by atoms with E-state index in [-0.39, 0.29) is 0 Å². The Kier molecular flexibility index (Phi) is 7.88. The van der Waals surface area contributed by atoms with Gasteiger partial charge in [-0.15, -0.1) is 0 Å². The molecule has 0 fully saturated rings. The smallest absolute Gasteiger partial charge is 0.0641 e. The van der Waals surface area contributed by atoms with Crippen molar-refractivity contribution in [2.45, 2.75) is 0 Å². The highest BCUT2D eigenvalue weighted by molar-refractivity contribution is 6.31. The van der Waals surface area contributed by atoms with Gasteiger partial charge in [-0.25, -0.2) is 0 Å². The Balaban J connectivity index is 0.000000126. The summed E-state index contributed by atoms with van der Waals surface area (Å²) in [7, 11) is 0. The number of nitrogens with zero attached hydrogens (tertiary/aromatic N) is 2. The zero-order valence-electron chi connectivity index (χ0n) is 35.7. The number of aromatic amines is 4. The first-order valence-corrected chi connectivity index (χ1v) is 22.5. The highest BCUT2D eigenvalue weighted by Gasteiger charge is 2.23. The SMILES string of the molecule is c1ccc(-n2c3c(ccc4[nH]c5ccccc5c43)c3ccc4[nH]c5ccccc5c4c32)cc1.c1ccc(N(c2cccc3[nH]c4ccccc4c23)c2cccc3[nH]c4ccccc4c23)cc1. The van der Waals surface area contributed by atoms with Gasteiger partial charge in [0.2, 0.25) is 0 Å². The standard InChI is InChI=1S/C30H19N3.C30H21N3/c1-2-8-18(9-3-1)33-29-19(14-16-25-27(29)21-10-4-6-12-23(21)31-25)20-15-17-26-28(30(20)33)22-11-5-7-13-24(22)32-26;1-2-10-20(11-3-1)33(27-18-8-16-25-29(27)21-12-4-6-14-23(21)31-25)28-19-9-17-26-30(28)22-13-5-7-15-24(22)32-26/h1-17,31-32H;1-19,31-32H. The number of rotatable bonds is 4. The van der Waals surface area contributed by atoms with Crippen LogP contribution >= 0.6 is 0 Å². The maximum absolute atomic E-state index is 3.64. The van der Waals surface area contributed by atoms with Crippen molar-refractivity contribution in [1.29, 1.82) is 0 Å². The van der Waals surface area contributed by atoms with Gasteiger partial charge in [0.25, 0.3) is 0 Å². The average molecular weight is 845 g/mol. The molecule has 66 heavy (non-hydrogen) atoms. The van der Waals surface area contributed by atoms with Gasteiger partial charge in [0.1, 0.15) is 0 Å². The molecule has 0 bridgehead atoms. The molecule has 0 saturated carbocycles. The molecule has 0 aliphatic carbocycles. The molecule has 0 amide bonds. The molecular formula is C60H40N6. The Labute approximate surface area is 377 Å². The summed E-state index contributed by atoms with van der Waals surface area (Å²) >= 11 is 0. The lowest BCUT2D eigenvalue weighted by Gasteiger charge is -2.27. The highest BCUT2D eigenvalue weighted by atomic mass is 15.1. The van der Waals surface area contributed by atoms with Crippen LogP contribution in [0.1, 0.15) is 0 Å². The van der Waals surface area contributed by atoms with E-state index in [9.17, 15) is 0 Å². The molecule has 0 atom stereocenters. The van der Waals surface area contributed by atoms with E-state index in [2.05, 4.69) is 248 Å². The third kappa shape index (κ3) is 5.36. The molecule has 5 heterocycles. The summed E-state index contributed by atoms with van der Waals surface area (Å²) in [6, 6.07) is 77.7. The summed E-state index contributed by atoms with van der Waals surface area (Å²) in [5.41, 5.74) is 16.4. The van der Waals surface area contributed by atoms with E-state index in [0.29, 0.717) is 0 Å². The normalized spacial score (nSPS) is 11.9. The van der Waals surface area contributed by atoms with Gasteiger partial charge in [0.15, 0.2) is 0 Å². The molecule has 0 aliphatic heterocycles. The summed E-state index contributed by atoms with van der Waals surface area (Å²) in [5.74, 6) is 0. The second-order valence-corrected chi connectivity index (χ2v) is 17.2. The summed E-state index contributed by atoms with van der Waals surface area (Å²) in [5, 5.41) is 12.5.